The quantitative estimate of drug-likeness (QED) is 0.688. The van der Waals surface area contributed by atoms with E-state index in [0.717, 1.165) is 18.9 Å². The third-order valence-corrected chi connectivity index (χ3v) is 7.29. The molecule has 2 aromatic rings. The number of carbonyl (C=O) groups excluding carboxylic acids is 1. The number of nitriles is 1. The lowest BCUT2D eigenvalue weighted by Crippen LogP contribution is -2.47. The van der Waals surface area contributed by atoms with E-state index in [2.05, 4.69) is 15.8 Å². The second-order valence-corrected chi connectivity index (χ2v) is 9.22. The van der Waals surface area contributed by atoms with E-state index in [1.165, 1.54) is 12.3 Å². The molecule has 2 saturated carbocycles. The second-order valence-electron chi connectivity index (χ2n) is 9.22. The fourth-order valence-electron chi connectivity index (χ4n) is 6.17. The number of amides is 1. The maximum Gasteiger partial charge on any atom is 0.573 e. The maximum absolute atomic E-state index is 14.8. The largest absolute Gasteiger partial charge is 0.573 e. The van der Waals surface area contributed by atoms with E-state index in [0.29, 0.717) is 29.8 Å². The zero-order valence-corrected chi connectivity index (χ0v) is 16.8. The van der Waals surface area contributed by atoms with Crippen LogP contribution in [0.5, 0.6) is 5.75 Å². The smallest absolute Gasteiger partial charge is 0.403 e. The first-order valence-corrected chi connectivity index (χ1v) is 10.4. The van der Waals surface area contributed by atoms with E-state index in [-0.39, 0.29) is 35.2 Å². The number of fused-ring (bicyclic) bond motifs is 1. The van der Waals surface area contributed by atoms with Gasteiger partial charge in [-0.3, -0.25) is 4.79 Å². The normalized spacial score (nSPS) is 30.1. The molecule has 1 aromatic carbocycles. The van der Waals surface area contributed by atoms with Gasteiger partial charge >= 0.3 is 6.36 Å². The molecule has 1 amide bonds. The minimum Gasteiger partial charge on any atom is -0.403 e. The van der Waals surface area contributed by atoms with Crippen molar-refractivity contribution in [2.24, 2.45) is 11.3 Å². The molecule has 164 valence electrons. The predicted molar refractivity (Wildman–Crippen MR) is 102 cm³/mol. The van der Waals surface area contributed by atoms with Crippen molar-refractivity contribution in [3.8, 4) is 11.8 Å². The first-order valence-electron chi connectivity index (χ1n) is 10.4. The number of aromatic nitrogens is 1. The Morgan fingerprint density at radius 1 is 1.39 bits per heavy atom. The highest BCUT2D eigenvalue weighted by Crippen LogP contribution is 2.59. The SMILES string of the molecule is CC(CC(=O)N1C2CC3CC(C#N)(C2)CC31)c1c[nH]c2ccc(OC(F)(F)F)c(F)c12. The maximum atomic E-state index is 14.8. The van der Waals surface area contributed by atoms with Crippen molar-refractivity contribution in [3.05, 3.63) is 29.7 Å². The first-order chi connectivity index (χ1) is 14.6. The standard InChI is InChI=1S/C22H21F4N3O2/c1-11(4-18(30)29-13-5-12-6-21(7-13,10-27)8-16(12)29)14-9-28-15-2-3-17(20(23)19(14)15)31-22(24,25)26/h2-3,9,11-13,16,28H,4-8H2,1H3. The van der Waals surface area contributed by atoms with Gasteiger partial charge in [-0.15, -0.1) is 13.2 Å². The zero-order chi connectivity index (χ0) is 22.1. The molecule has 1 N–H and O–H groups in total. The summed E-state index contributed by atoms with van der Waals surface area (Å²) in [5.41, 5.74) is 0.488. The lowest BCUT2D eigenvalue weighted by atomic mass is 9.74. The summed E-state index contributed by atoms with van der Waals surface area (Å²) in [6.45, 7) is 1.76. The van der Waals surface area contributed by atoms with Crippen LogP contribution < -0.4 is 4.74 Å². The molecule has 1 aromatic heterocycles. The van der Waals surface area contributed by atoms with Crippen molar-refractivity contribution in [1.82, 2.24) is 9.88 Å². The van der Waals surface area contributed by atoms with E-state index in [1.807, 2.05) is 4.90 Å². The van der Waals surface area contributed by atoms with Crippen LogP contribution in [0.4, 0.5) is 17.6 Å². The molecule has 5 atom stereocenters. The highest BCUT2D eigenvalue weighted by molar-refractivity contribution is 5.87. The lowest BCUT2D eigenvalue weighted by Gasteiger charge is -2.40. The fourth-order valence-corrected chi connectivity index (χ4v) is 6.17. The number of hydrogen-bond acceptors (Lipinski definition) is 3. The van der Waals surface area contributed by atoms with Gasteiger partial charge in [0.25, 0.3) is 0 Å². The van der Waals surface area contributed by atoms with E-state index >= 15 is 0 Å². The van der Waals surface area contributed by atoms with Crippen molar-refractivity contribution in [2.45, 2.75) is 63.4 Å². The minimum atomic E-state index is -5.00. The minimum absolute atomic E-state index is 0.00866. The summed E-state index contributed by atoms with van der Waals surface area (Å²) in [5.74, 6) is -2.07. The van der Waals surface area contributed by atoms with Crippen LogP contribution >= 0.6 is 0 Å². The number of benzene rings is 1. The Morgan fingerprint density at radius 2 is 2.16 bits per heavy atom. The molecule has 0 spiro atoms. The molecule has 9 heteroatoms. The molecule has 4 bridgehead atoms. The van der Waals surface area contributed by atoms with Gasteiger partial charge in [-0.1, -0.05) is 6.92 Å². The molecule has 3 heterocycles. The van der Waals surface area contributed by atoms with Gasteiger partial charge in [-0.2, -0.15) is 5.26 Å². The van der Waals surface area contributed by atoms with Gasteiger partial charge in [0, 0.05) is 35.6 Å². The molecule has 2 aliphatic carbocycles. The third-order valence-electron chi connectivity index (χ3n) is 7.29. The van der Waals surface area contributed by atoms with Gasteiger partial charge < -0.3 is 14.6 Å². The number of nitrogens with zero attached hydrogens (tertiary/aromatic N) is 2. The molecular weight excluding hydrogens is 414 g/mol. The van der Waals surface area contributed by atoms with E-state index in [9.17, 15) is 27.6 Å². The average molecular weight is 435 g/mol. The Bertz CT molecular complexity index is 1100. The lowest BCUT2D eigenvalue weighted by molar-refractivity contribution is -0.275. The highest BCUT2D eigenvalue weighted by atomic mass is 19.4. The van der Waals surface area contributed by atoms with Crippen molar-refractivity contribution in [1.29, 1.82) is 5.26 Å². The summed E-state index contributed by atoms with van der Waals surface area (Å²) in [4.78, 5) is 18.0. The second kappa shape index (κ2) is 6.62. The van der Waals surface area contributed by atoms with Gasteiger partial charge in [0.15, 0.2) is 11.6 Å². The summed E-state index contributed by atoms with van der Waals surface area (Å²) >= 11 is 0. The van der Waals surface area contributed by atoms with Crippen LogP contribution in [0.15, 0.2) is 18.3 Å². The van der Waals surface area contributed by atoms with Crippen LogP contribution in [-0.4, -0.2) is 34.2 Å². The molecule has 2 aliphatic heterocycles. The predicted octanol–water partition coefficient (Wildman–Crippen LogP) is 4.99. The van der Waals surface area contributed by atoms with Gasteiger partial charge in [0.05, 0.1) is 11.5 Å². The van der Waals surface area contributed by atoms with E-state index in [4.69, 9.17) is 0 Å². The number of piperidine rings is 1. The number of alkyl halides is 3. The van der Waals surface area contributed by atoms with Gasteiger partial charge in [-0.05, 0) is 55.2 Å². The van der Waals surface area contributed by atoms with E-state index < -0.39 is 23.8 Å². The topological polar surface area (TPSA) is 69.1 Å². The zero-order valence-electron chi connectivity index (χ0n) is 16.8. The van der Waals surface area contributed by atoms with Gasteiger partial charge in [0.1, 0.15) is 0 Å². The molecule has 5 unspecified atom stereocenters. The van der Waals surface area contributed by atoms with Crippen molar-refractivity contribution in [3.63, 3.8) is 0 Å². The average Bonchev–Trinajstić information content (AvgIpc) is 3.31. The summed E-state index contributed by atoms with van der Waals surface area (Å²) in [5, 5.41) is 9.56. The number of nitrogens with one attached hydrogen (secondary N) is 1. The Kier molecular flexibility index (Phi) is 4.30. The Balaban J connectivity index is 1.38. The molecule has 31 heavy (non-hydrogen) atoms. The molecule has 0 radical (unpaired) electrons. The van der Waals surface area contributed by atoms with Crippen LogP contribution in [0.25, 0.3) is 10.9 Å². The fraction of sp³-hybridized carbons (Fsp3) is 0.545. The van der Waals surface area contributed by atoms with Crippen LogP contribution in [-0.2, 0) is 4.79 Å². The summed E-state index contributed by atoms with van der Waals surface area (Å²) in [7, 11) is 0. The first kappa shape index (κ1) is 20.2. The van der Waals surface area contributed by atoms with Crippen LogP contribution in [0, 0.1) is 28.5 Å². The summed E-state index contributed by atoms with van der Waals surface area (Å²) in [6, 6.07) is 4.89. The molecular formula is C22H21F4N3O2. The molecule has 5 nitrogen and oxygen atoms in total. The number of hydrogen-bond donors (Lipinski definition) is 1. The highest BCUT2D eigenvalue weighted by Gasteiger charge is 2.61. The van der Waals surface area contributed by atoms with Crippen molar-refractivity contribution in [2.75, 3.05) is 0 Å². The van der Waals surface area contributed by atoms with Crippen LogP contribution in [0.1, 0.15) is 50.5 Å². The summed E-state index contributed by atoms with van der Waals surface area (Å²) < 4.78 is 56.4. The Hall–Kier alpha value is -2.76. The van der Waals surface area contributed by atoms with E-state index in [1.54, 1.807) is 6.92 Å². The van der Waals surface area contributed by atoms with Gasteiger partial charge in [-0.25, -0.2) is 4.39 Å². The third kappa shape index (κ3) is 3.15. The molecule has 4 fully saturated rings. The molecule has 6 rings (SSSR count). The molecule has 4 aliphatic rings. The van der Waals surface area contributed by atoms with Crippen molar-refractivity contribution >= 4 is 16.8 Å². The number of halogens is 4. The number of carbonyl (C=O) groups is 1. The van der Waals surface area contributed by atoms with Gasteiger partial charge in [0.2, 0.25) is 5.91 Å². The molecule has 2 saturated heterocycles. The summed E-state index contributed by atoms with van der Waals surface area (Å²) in [6.07, 6.45) is -0.151. The van der Waals surface area contributed by atoms with Crippen LogP contribution in [0.2, 0.25) is 0 Å². The Labute approximate surface area is 176 Å². The van der Waals surface area contributed by atoms with Crippen LogP contribution in [0.3, 0.4) is 0 Å². The Morgan fingerprint density at radius 3 is 2.84 bits per heavy atom. The number of ether oxygens (including phenoxy) is 1. The number of H-pyrrole nitrogens is 1. The monoisotopic (exact) mass is 435 g/mol. The number of rotatable bonds is 4. The van der Waals surface area contributed by atoms with Crippen molar-refractivity contribution < 1.29 is 27.1 Å². The number of aromatic amines is 1.